The molecule has 0 spiro atoms. The Morgan fingerprint density at radius 2 is 1.96 bits per heavy atom. The Morgan fingerprint density at radius 1 is 1.29 bits per heavy atom. The SMILES string of the molecule is CC(C)(C)OC(=O)[C@H](CC[C@H]1CO1)NC(=O)OCc1ccccc1. The number of benzene rings is 1. The van der Waals surface area contributed by atoms with Crippen molar-refractivity contribution in [3.05, 3.63) is 35.9 Å². The second-order valence-electron chi connectivity index (χ2n) is 6.82. The normalized spacial score (nSPS) is 17.7. The minimum absolute atomic E-state index is 0.152. The lowest BCUT2D eigenvalue weighted by Crippen LogP contribution is -2.44. The highest BCUT2D eigenvalue weighted by atomic mass is 16.6. The first-order valence-electron chi connectivity index (χ1n) is 8.15. The van der Waals surface area contributed by atoms with E-state index in [0.717, 1.165) is 5.56 Å². The van der Waals surface area contributed by atoms with Gasteiger partial charge in [0.15, 0.2) is 0 Å². The second-order valence-corrected chi connectivity index (χ2v) is 6.82. The average molecular weight is 335 g/mol. The maximum atomic E-state index is 12.3. The summed E-state index contributed by atoms with van der Waals surface area (Å²) in [5, 5.41) is 2.60. The zero-order valence-electron chi connectivity index (χ0n) is 14.4. The van der Waals surface area contributed by atoms with E-state index in [9.17, 15) is 9.59 Å². The first kappa shape index (κ1) is 18.3. The summed E-state index contributed by atoms with van der Waals surface area (Å²) >= 11 is 0. The summed E-state index contributed by atoms with van der Waals surface area (Å²) in [6, 6.07) is 8.62. The predicted octanol–water partition coefficient (Wildman–Crippen LogP) is 2.80. The maximum absolute atomic E-state index is 12.3. The molecule has 0 radical (unpaired) electrons. The summed E-state index contributed by atoms with van der Waals surface area (Å²) < 4.78 is 15.7. The van der Waals surface area contributed by atoms with Crippen LogP contribution in [0.5, 0.6) is 0 Å². The topological polar surface area (TPSA) is 77.2 Å². The highest BCUT2D eigenvalue weighted by Crippen LogP contribution is 2.18. The summed E-state index contributed by atoms with van der Waals surface area (Å²) in [5.41, 5.74) is 0.272. The van der Waals surface area contributed by atoms with Crippen molar-refractivity contribution in [3.63, 3.8) is 0 Å². The van der Waals surface area contributed by atoms with E-state index in [4.69, 9.17) is 14.2 Å². The summed E-state index contributed by atoms with van der Waals surface area (Å²) in [5.74, 6) is -0.459. The fourth-order valence-electron chi connectivity index (χ4n) is 2.12. The predicted molar refractivity (Wildman–Crippen MR) is 88.4 cm³/mol. The van der Waals surface area contributed by atoms with Gasteiger partial charge in [0.25, 0.3) is 0 Å². The van der Waals surface area contributed by atoms with Gasteiger partial charge in [-0.3, -0.25) is 0 Å². The van der Waals surface area contributed by atoms with Crippen LogP contribution < -0.4 is 5.32 Å². The Balaban J connectivity index is 1.85. The molecule has 1 aromatic carbocycles. The van der Waals surface area contributed by atoms with Gasteiger partial charge in [-0.25, -0.2) is 9.59 Å². The number of carbonyl (C=O) groups excluding carboxylic acids is 2. The van der Waals surface area contributed by atoms with Crippen LogP contribution in [0.25, 0.3) is 0 Å². The van der Waals surface area contributed by atoms with Crippen LogP contribution in [0.4, 0.5) is 4.79 Å². The summed E-state index contributed by atoms with van der Waals surface area (Å²) in [4.78, 5) is 24.3. The van der Waals surface area contributed by atoms with E-state index in [0.29, 0.717) is 19.4 Å². The van der Waals surface area contributed by atoms with Gasteiger partial charge in [0.05, 0.1) is 12.7 Å². The van der Waals surface area contributed by atoms with Gasteiger partial charge in [-0.05, 0) is 39.2 Å². The highest BCUT2D eigenvalue weighted by Gasteiger charge is 2.30. The van der Waals surface area contributed by atoms with Crippen molar-refractivity contribution in [1.29, 1.82) is 0 Å². The third-order valence-corrected chi connectivity index (χ3v) is 3.38. The standard InChI is InChI=1S/C18H25NO5/c1-18(2,3)24-16(20)15(10-9-14-12-22-14)19-17(21)23-11-13-7-5-4-6-8-13/h4-8,14-15H,9-12H2,1-3H3,(H,19,21)/t14-,15-/m0/s1. The molecule has 1 aromatic rings. The Kier molecular flexibility index (Phi) is 6.20. The number of esters is 1. The average Bonchev–Trinajstić information content (AvgIpc) is 3.33. The van der Waals surface area contributed by atoms with Crippen molar-refractivity contribution >= 4 is 12.1 Å². The van der Waals surface area contributed by atoms with Gasteiger partial charge in [-0.2, -0.15) is 0 Å². The van der Waals surface area contributed by atoms with Gasteiger partial charge >= 0.3 is 12.1 Å². The van der Waals surface area contributed by atoms with Gasteiger partial charge < -0.3 is 19.5 Å². The van der Waals surface area contributed by atoms with Crippen LogP contribution in [0.15, 0.2) is 30.3 Å². The molecule has 132 valence electrons. The minimum Gasteiger partial charge on any atom is -0.458 e. The number of epoxide rings is 1. The summed E-state index contributed by atoms with van der Waals surface area (Å²) in [6.45, 7) is 6.23. The number of amides is 1. The van der Waals surface area contributed by atoms with E-state index in [1.54, 1.807) is 20.8 Å². The number of ether oxygens (including phenoxy) is 3. The molecule has 0 aromatic heterocycles. The van der Waals surface area contributed by atoms with E-state index in [-0.39, 0.29) is 12.7 Å². The monoisotopic (exact) mass is 335 g/mol. The van der Waals surface area contributed by atoms with Crippen LogP contribution in [0, 0.1) is 0 Å². The maximum Gasteiger partial charge on any atom is 0.408 e. The molecule has 6 nitrogen and oxygen atoms in total. The van der Waals surface area contributed by atoms with Crippen LogP contribution in [-0.4, -0.2) is 36.4 Å². The minimum atomic E-state index is -0.739. The summed E-state index contributed by atoms with van der Waals surface area (Å²) in [6.07, 6.45) is 0.701. The number of hydrogen-bond acceptors (Lipinski definition) is 5. The lowest BCUT2D eigenvalue weighted by Gasteiger charge is -2.24. The van der Waals surface area contributed by atoms with E-state index in [1.807, 2.05) is 30.3 Å². The molecule has 0 unspecified atom stereocenters. The van der Waals surface area contributed by atoms with E-state index in [1.165, 1.54) is 0 Å². The lowest BCUT2D eigenvalue weighted by atomic mass is 10.1. The van der Waals surface area contributed by atoms with E-state index < -0.39 is 23.7 Å². The molecule has 1 N–H and O–H groups in total. The highest BCUT2D eigenvalue weighted by molar-refractivity contribution is 5.81. The van der Waals surface area contributed by atoms with Crippen LogP contribution in [0.1, 0.15) is 39.2 Å². The molecule has 0 aliphatic carbocycles. The number of hydrogen-bond donors (Lipinski definition) is 1. The van der Waals surface area contributed by atoms with Crippen LogP contribution in [-0.2, 0) is 25.6 Å². The molecular weight excluding hydrogens is 310 g/mol. The van der Waals surface area contributed by atoms with Gasteiger partial charge in [-0.15, -0.1) is 0 Å². The number of carbonyl (C=O) groups is 2. The van der Waals surface area contributed by atoms with Crippen molar-refractivity contribution in [2.45, 2.75) is 58.0 Å². The van der Waals surface area contributed by atoms with E-state index >= 15 is 0 Å². The van der Waals surface area contributed by atoms with Gasteiger partial charge in [-0.1, -0.05) is 30.3 Å². The molecule has 1 amide bonds. The fourth-order valence-corrected chi connectivity index (χ4v) is 2.12. The molecule has 1 aliphatic rings. The number of rotatable bonds is 7. The Morgan fingerprint density at radius 3 is 2.54 bits per heavy atom. The van der Waals surface area contributed by atoms with Crippen molar-refractivity contribution < 1.29 is 23.8 Å². The molecule has 1 heterocycles. The molecule has 1 aliphatic heterocycles. The zero-order valence-corrected chi connectivity index (χ0v) is 14.4. The number of nitrogens with one attached hydrogen (secondary N) is 1. The largest absolute Gasteiger partial charge is 0.458 e. The molecule has 0 saturated carbocycles. The molecule has 24 heavy (non-hydrogen) atoms. The second kappa shape index (κ2) is 8.15. The van der Waals surface area contributed by atoms with Crippen molar-refractivity contribution in [1.82, 2.24) is 5.32 Å². The number of alkyl carbamates (subject to hydrolysis) is 1. The van der Waals surface area contributed by atoms with Crippen LogP contribution >= 0.6 is 0 Å². The molecular formula is C18H25NO5. The van der Waals surface area contributed by atoms with Crippen LogP contribution in [0.3, 0.4) is 0 Å². The van der Waals surface area contributed by atoms with Crippen LogP contribution in [0.2, 0.25) is 0 Å². The smallest absolute Gasteiger partial charge is 0.408 e. The molecule has 1 fully saturated rings. The molecule has 2 atom stereocenters. The van der Waals surface area contributed by atoms with E-state index in [2.05, 4.69) is 5.32 Å². The Labute approximate surface area is 142 Å². The first-order valence-corrected chi connectivity index (χ1v) is 8.15. The molecule has 1 saturated heterocycles. The Hall–Kier alpha value is -2.08. The molecule has 2 rings (SSSR count). The van der Waals surface area contributed by atoms with Gasteiger partial charge in [0.2, 0.25) is 0 Å². The third-order valence-electron chi connectivity index (χ3n) is 3.38. The first-order chi connectivity index (χ1) is 11.3. The van der Waals surface area contributed by atoms with Crippen molar-refractivity contribution in [2.24, 2.45) is 0 Å². The van der Waals surface area contributed by atoms with Gasteiger partial charge in [0.1, 0.15) is 18.2 Å². The third kappa shape index (κ3) is 7.00. The van der Waals surface area contributed by atoms with Gasteiger partial charge in [0, 0.05) is 0 Å². The van der Waals surface area contributed by atoms with Crippen molar-refractivity contribution in [3.8, 4) is 0 Å². The summed E-state index contributed by atoms with van der Waals surface area (Å²) in [7, 11) is 0. The molecule has 0 bridgehead atoms. The van der Waals surface area contributed by atoms with Crippen molar-refractivity contribution in [2.75, 3.05) is 6.61 Å². The quantitative estimate of drug-likeness (QED) is 0.612. The zero-order chi connectivity index (χ0) is 17.6. The molecule has 6 heteroatoms. The fraction of sp³-hybridized carbons (Fsp3) is 0.556. The Bertz CT molecular complexity index is 548. The lowest BCUT2D eigenvalue weighted by molar-refractivity contribution is -0.157.